The van der Waals surface area contributed by atoms with E-state index in [-0.39, 0.29) is 17.9 Å². The first kappa shape index (κ1) is 28.9. The van der Waals surface area contributed by atoms with Crippen LogP contribution in [0.1, 0.15) is 28.9 Å². The molecule has 43 heavy (non-hydrogen) atoms. The average Bonchev–Trinajstić information content (AvgIpc) is 3.45. The SMILES string of the molecule is Cc1ccc(Cn2c(=O)c3ccccc3n3c(CCC(=O)NCCN4CCN(c5cc(Cl)ccc5C)CC4)nnc23)cc1. The van der Waals surface area contributed by atoms with E-state index in [0.29, 0.717) is 36.5 Å². The maximum absolute atomic E-state index is 13.5. The summed E-state index contributed by atoms with van der Waals surface area (Å²) in [6, 6.07) is 21.6. The Bertz CT molecular complexity index is 1820. The molecule has 2 aromatic heterocycles. The molecule has 0 atom stereocenters. The van der Waals surface area contributed by atoms with Crippen LogP contribution in [0.25, 0.3) is 16.7 Å². The Morgan fingerprint density at radius 3 is 2.51 bits per heavy atom. The van der Waals surface area contributed by atoms with Gasteiger partial charge in [0.1, 0.15) is 5.82 Å². The summed E-state index contributed by atoms with van der Waals surface area (Å²) < 4.78 is 3.58. The largest absolute Gasteiger partial charge is 0.369 e. The monoisotopic (exact) mass is 597 g/mol. The fourth-order valence-corrected chi connectivity index (χ4v) is 5.96. The van der Waals surface area contributed by atoms with Crippen molar-refractivity contribution in [3.05, 3.63) is 105 Å². The molecule has 6 rings (SSSR count). The molecule has 1 aliphatic rings. The van der Waals surface area contributed by atoms with Crippen LogP contribution in [0.3, 0.4) is 0 Å². The van der Waals surface area contributed by atoms with Crippen LogP contribution in [-0.2, 0) is 17.8 Å². The first-order valence-corrected chi connectivity index (χ1v) is 15.2. The number of hydrogen-bond donors (Lipinski definition) is 1. The van der Waals surface area contributed by atoms with Gasteiger partial charge in [-0.15, -0.1) is 10.2 Å². The van der Waals surface area contributed by atoms with E-state index in [1.54, 1.807) is 4.57 Å². The van der Waals surface area contributed by atoms with Gasteiger partial charge in [0.2, 0.25) is 11.7 Å². The van der Waals surface area contributed by atoms with Crippen molar-refractivity contribution >= 4 is 39.9 Å². The number of para-hydroxylation sites is 1. The molecule has 222 valence electrons. The number of carbonyl (C=O) groups excluding carboxylic acids is 1. The van der Waals surface area contributed by atoms with Gasteiger partial charge in [-0.2, -0.15) is 0 Å². The van der Waals surface area contributed by atoms with Crippen LogP contribution in [0, 0.1) is 13.8 Å². The molecule has 3 heterocycles. The Balaban J connectivity index is 1.07. The highest BCUT2D eigenvalue weighted by Gasteiger charge is 2.20. The third kappa shape index (κ3) is 6.28. The predicted molar refractivity (Wildman–Crippen MR) is 171 cm³/mol. The van der Waals surface area contributed by atoms with Crippen molar-refractivity contribution in [1.82, 2.24) is 29.4 Å². The van der Waals surface area contributed by atoms with Gasteiger partial charge in [0, 0.05) is 62.8 Å². The zero-order valence-corrected chi connectivity index (χ0v) is 25.3. The molecule has 0 radical (unpaired) electrons. The maximum Gasteiger partial charge on any atom is 0.263 e. The van der Waals surface area contributed by atoms with Crippen molar-refractivity contribution < 1.29 is 4.79 Å². The number of aromatic nitrogens is 4. The van der Waals surface area contributed by atoms with Crippen molar-refractivity contribution in [3.63, 3.8) is 0 Å². The topological polar surface area (TPSA) is 87.8 Å². The fraction of sp³-hybridized carbons (Fsp3) is 0.333. The van der Waals surface area contributed by atoms with Crippen LogP contribution in [0.2, 0.25) is 5.02 Å². The second kappa shape index (κ2) is 12.6. The van der Waals surface area contributed by atoms with Crippen LogP contribution in [-0.4, -0.2) is 69.2 Å². The molecule has 9 nitrogen and oxygen atoms in total. The number of anilines is 1. The highest BCUT2D eigenvalue weighted by molar-refractivity contribution is 6.30. The average molecular weight is 598 g/mol. The minimum Gasteiger partial charge on any atom is -0.369 e. The standard InChI is InChI=1S/C33H36ClN7O2/c1-23-7-10-25(11-8-23)22-40-32(43)27-5-3-4-6-28(27)41-30(36-37-33(40)41)13-14-31(42)35-15-16-38-17-19-39(20-18-38)29-21-26(34)12-9-24(29)2/h3-12,21H,13-20,22H2,1-2H3,(H,35,42). The second-order valence-corrected chi connectivity index (χ2v) is 11.7. The molecule has 1 amide bonds. The van der Waals surface area contributed by atoms with E-state index in [4.69, 9.17) is 11.6 Å². The number of amides is 1. The summed E-state index contributed by atoms with van der Waals surface area (Å²) in [6.45, 7) is 9.66. The highest BCUT2D eigenvalue weighted by Crippen LogP contribution is 2.25. The molecule has 5 aromatic rings. The van der Waals surface area contributed by atoms with Gasteiger partial charge in [0.25, 0.3) is 5.56 Å². The highest BCUT2D eigenvalue weighted by atomic mass is 35.5. The van der Waals surface area contributed by atoms with Gasteiger partial charge in [0.05, 0.1) is 17.4 Å². The summed E-state index contributed by atoms with van der Waals surface area (Å²) >= 11 is 6.22. The Morgan fingerprint density at radius 2 is 1.72 bits per heavy atom. The summed E-state index contributed by atoms with van der Waals surface area (Å²) in [5.41, 5.74) is 5.23. The summed E-state index contributed by atoms with van der Waals surface area (Å²) in [4.78, 5) is 31.0. The molecule has 1 saturated heterocycles. The molecule has 1 aliphatic heterocycles. The number of hydrogen-bond acceptors (Lipinski definition) is 6. The lowest BCUT2D eigenvalue weighted by Crippen LogP contribution is -2.48. The van der Waals surface area contributed by atoms with Gasteiger partial charge in [-0.1, -0.05) is 59.6 Å². The molecule has 1 fully saturated rings. The number of benzene rings is 3. The Labute approximate surface area is 255 Å². The van der Waals surface area contributed by atoms with E-state index >= 15 is 0 Å². The molecule has 10 heteroatoms. The van der Waals surface area contributed by atoms with Crippen LogP contribution < -0.4 is 15.8 Å². The summed E-state index contributed by atoms with van der Waals surface area (Å²) in [5, 5.41) is 13.3. The van der Waals surface area contributed by atoms with Gasteiger partial charge in [-0.05, 0) is 49.2 Å². The number of fused-ring (bicyclic) bond motifs is 3. The van der Waals surface area contributed by atoms with Crippen LogP contribution in [0.15, 0.2) is 71.5 Å². The predicted octanol–water partition coefficient (Wildman–Crippen LogP) is 4.23. The second-order valence-electron chi connectivity index (χ2n) is 11.3. The minimum absolute atomic E-state index is 0.0257. The molecule has 3 aromatic carbocycles. The number of nitrogens with zero attached hydrogens (tertiary/aromatic N) is 6. The summed E-state index contributed by atoms with van der Waals surface area (Å²) in [7, 11) is 0. The van der Waals surface area contributed by atoms with Crippen molar-refractivity contribution in [2.75, 3.05) is 44.2 Å². The molecule has 0 saturated carbocycles. The molecule has 0 aliphatic carbocycles. The molecule has 0 unspecified atom stereocenters. The zero-order valence-electron chi connectivity index (χ0n) is 24.6. The number of aryl methyl sites for hydroxylation is 3. The van der Waals surface area contributed by atoms with Crippen molar-refractivity contribution in [2.45, 2.75) is 33.2 Å². The van der Waals surface area contributed by atoms with E-state index in [9.17, 15) is 9.59 Å². The third-order valence-electron chi connectivity index (χ3n) is 8.25. The van der Waals surface area contributed by atoms with Crippen molar-refractivity contribution in [3.8, 4) is 0 Å². The minimum atomic E-state index is -0.107. The normalized spacial score (nSPS) is 14.1. The Morgan fingerprint density at radius 1 is 0.953 bits per heavy atom. The van der Waals surface area contributed by atoms with Gasteiger partial charge in [-0.25, -0.2) is 0 Å². The quantitative estimate of drug-likeness (QED) is 0.274. The van der Waals surface area contributed by atoms with E-state index in [1.807, 2.05) is 72.0 Å². The fourth-order valence-electron chi connectivity index (χ4n) is 5.80. The van der Waals surface area contributed by atoms with E-state index in [1.165, 1.54) is 11.3 Å². The number of halogens is 1. The van der Waals surface area contributed by atoms with E-state index in [2.05, 4.69) is 38.3 Å². The number of piperazine rings is 1. The van der Waals surface area contributed by atoms with Crippen molar-refractivity contribution in [1.29, 1.82) is 0 Å². The van der Waals surface area contributed by atoms with E-state index < -0.39 is 0 Å². The maximum atomic E-state index is 13.5. The van der Waals surface area contributed by atoms with E-state index in [0.717, 1.165) is 54.4 Å². The van der Waals surface area contributed by atoms with Gasteiger partial charge < -0.3 is 10.2 Å². The van der Waals surface area contributed by atoms with Gasteiger partial charge >= 0.3 is 0 Å². The number of nitrogens with one attached hydrogen (secondary N) is 1. The smallest absolute Gasteiger partial charge is 0.263 e. The number of carbonyl (C=O) groups is 1. The third-order valence-corrected chi connectivity index (χ3v) is 8.48. The van der Waals surface area contributed by atoms with Gasteiger partial charge in [-0.3, -0.25) is 23.5 Å². The molecule has 0 bridgehead atoms. The van der Waals surface area contributed by atoms with Crippen molar-refractivity contribution in [2.24, 2.45) is 0 Å². The zero-order chi connectivity index (χ0) is 29.9. The lowest BCUT2D eigenvalue weighted by molar-refractivity contribution is -0.121. The lowest BCUT2D eigenvalue weighted by Gasteiger charge is -2.36. The van der Waals surface area contributed by atoms with Crippen LogP contribution in [0.4, 0.5) is 5.69 Å². The first-order valence-electron chi connectivity index (χ1n) is 14.8. The van der Waals surface area contributed by atoms with Gasteiger partial charge in [0.15, 0.2) is 0 Å². The molecule has 0 spiro atoms. The number of rotatable bonds is 9. The summed E-state index contributed by atoms with van der Waals surface area (Å²) in [6.07, 6.45) is 0.700. The lowest BCUT2D eigenvalue weighted by atomic mass is 10.1. The summed E-state index contributed by atoms with van der Waals surface area (Å²) in [5.74, 6) is 1.11. The molecule has 1 N–H and O–H groups in total. The van der Waals surface area contributed by atoms with Crippen LogP contribution >= 0.6 is 11.6 Å². The molecular weight excluding hydrogens is 562 g/mol. The van der Waals surface area contributed by atoms with Crippen LogP contribution in [0.5, 0.6) is 0 Å². The first-order chi connectivity index (χ1) is 20.9. The molecular formula is C33H36ClN7O2. The Hall–Kier alpha value is -4.21. The Kier molecular flexibility index (Phi) is 8.44.